The largest absolute Gasteiger partial charge is 0.506 e. The number of nitrogens with one attached hydrogen (secondary N) is 2. The molecule has 1 heterocycles. The van der Waals surface area contributed by atoms with E-state index in [2.05, 4.69) is 15.2 Å². The van der Waals surface area contributed by atoms with Crippen molar-refractivity contribution in [3.63, 3.8) is 0 Å². The average molecular weight is 593 g/mol. The molecule has 0 saturated heterocycles. The number of fused-ring (bicyclic) bond motifs is 2. The Hall–Kier alpha value is -3.79. The molecule has 0 amide bonds. The van der Waals surface area contributed by atoms with E-state index in [0.29, 0.717) is 16.3 Å². The summed E-state index contributed by atoms with van der Waals surface area (Å²) >= 11 is 0. The highest BCUT2D eigenvalue weighted by molar-refractivity contribution is 7.92. The highest BCUT2D eigenvalue weighted by Gasteiger charge is 2.49. The second kappa shape index (κ2) is 10.3. The summed E-state index contributed by atoms with van der Waals surface area (Å²) in [6, 6.07) is 9.72. The molecule has 0 bridgehead atoms. The SMILES string of the molecule is CC(C)CCC1(NO)C(=O)C(C2=NS(=O)(=O)c3cc(N(CC(=O)O)S(C)(=O)=O)ccc3N2)=C(O)c2ccccc21. The Kier molecular flexibility index (Phi) is 7.53. The van der Waals surface area contributed by atoms with Crippen LogP contribution >= 0.6 is 0 Å². The van der Waals surface area contributed by atoms with E-state index in [1.807, 2.05) is 13.8 Å². The Bertz CT molecular complexity index is 1680. The molecule has 0 spiro atoms. The van der Waals surface area contributed by atoms with E-state index in [9.17, 15) is 36.7 Å². The zero-order valence-electron chi connectivity index (χ0n) is 21.7. The van der Waals surface area contributed by atoms with Gasteiger partial charge in [0.25, 0.3) is 10.0 Å². The maximum atomic E-state index is 14.0. The smallest absolute Gasteiger partial charge is 0.324 e. The number of anilines is 2. The molecule has 5 N–H and O–H groups in total. The number of carbonyl (C=O) groups is 2. The van der Waals surface area contributed by atoms with E-state index < -0.39 is 65.9 Å². The number of benzene rings is 2. The maximum absolute atomic E-state index is 14.0. The molecule has 1 unspecified atom stereocenters. The van der Waals surface area contributed by atoms with Gasteiger partial charge in [0.1, 0.15) is 28.3 Å². The van der Waals surface area contributed by atoms with E-state index in [0.717, 1.165) is 12.3 Å². The minimum Gasteiger partial charge on any atom is -0.506 e. The summed E-state index contributed by atoms with van der Waals surface area (Å²) in [5, 5.41) is 33.3. The number of rotatable bonds is 9. The standard InChI is InChI=1S/C25H28N4O9S2/c1-14(2)10-11-25(28-34)17-7-5-4-6-16(17)22(32)21(23(25)33)24-26-18-9-8-15(12-19(18)40(37,38)27-24)29(13-20(30)31)39(3,35)36/h4-9,12,14,28,32,34H,10-11,13H2,1-3H3,(H,26,27)(H,30,31). The quantitative estimate of drug-likeness (QED) is 0.267. The van der Waals surface area contributed by atoms with Gasteiger partial charge in [-0.3, -0.25) is 13.9 Å². The van der Waals surface area contributed by atoms with Crippen LogP contribution in [0.25, 0.3) is 5.76 Å². The van der Waals surface area contributed by atoms with Gasteiger partial charge >= 0.3 is 5.97 Å². The molecular weight excluding hydrogens is 564 g/mol. The molecular formula is C25H28N4O9S2. The lowest BCUT2D eigenvalue weighted by atomic mass is 9.71. The molecule has 1 atom stereocenters. The Labute approximate surface area is 230 Å². The summed E-state index contributed by atoms with van der Waals surface area (Å²) in [5.41, 5.74) is 0.147. The van der Waals surface area contributed by atoms with Gasteiger partial charge in [-0.15, -0.1) is 4.40 Å². The third kappa shape index (κ3) is 5.08. The van der Waals surface area contributed by atoms with E-state index in [4.69, 9.17) is 5.11 Å². The molecule has 1 aliphatic carbocycles. The van der Waals surface area contributed by atoms with Crippen molar-refractivity contribution < 1.29 is 41.8 Å². The molecule has 15 heteroatoms. The monoisotopic (exact) mass is 592 g/mol. The highest BCUT2D eigenvalue weighted by atomic mass is 32.2. The van der Waals surface area contributed by atoms with Gasteiger partial charge in [-0.2, -0.15) is 13.9 Å². The van der Waals surface area contributed by atoms with Gasteiger partial charge in [0.15, 0.2) is 11.6 Å². The number of carbonyl (C=O) groups excluding carboxylic acids is 1. The van der Waals surface area contributed by atoms with Crippen LogP contribution in [0.15, 0.2) is 57.3 Å². The molecule has 0 aromatic heterocycles. The molecule has 0 saturated carbocycles. The second-order valence-corrected chi connectivity index (χ2v) is 13.4. The summed E-state index contributed by atoms with van der Waals surface area (Å²) in [6.07, 6.45) is 1.40. The molecule has 1 aliphatic heterocycles. The lowest BCUT2D eigenvalue weighted by Gasteiger charge is -2.38. The fourth-order valence-corrected chi connectivity index (χ4v) is 6.70. The fourth-order valence-electron chi connectivity index (χ4n) is 4.71. The van der Waals surface area contributed by atoms with Gasteiger partial charge in [-0.05, 0) is 42.5 Å². The first-order valence-corrected chi connectivity index (χ1v) is 15.4. The highest BCUT2D eigenvalue weighted by Crippen LogP contribution is 2.43. The molecule has 2 aromatic carbocycles. The van der Waals surface area contributed by atoms with Gasteiger partial charge in [0, 0.05) is 5.56 Å². The van der Waals surface area contributed by atoms with E-state index in [-0.39, 0.29) is 29.3 Å². The lowest BCUT2D eigenvalue weighted by molar-refractivity contribution is -0.135. The van der Waals surface area contributed by atoms with Gasteiger partial charge in [0.05, 0.1) is 17.6 Å². The van der Waals surface area contributed by atoms with Crippen LogP contribution in [0, 0.1) is 5.92 Å². The third-order valence-electron chi connectivity index (χ3n) is 6.69. The van der Waals surface area contributed by atoms with Gasteiger partial charge in [0.2, 0.25) is 10.0 Å². The molecule has 0 fully saturated rings. The summed E-state index contributed by atoms with van der Waals surface area (Å²) < 4.78 is 55.2. The van der Waals surface area contributed by atoms with Crippen LogP contribution in [-0.4, -0.2) is 62.6 Å². The van der Waals surface area contributed by atoms with Crippen LogP contribution in [0.3, 0.4) is 0 Å². The number of ketones is 1. The van der Waals surface area contributed by atoms with Crippen LogP contribution < -0.4 is 15.1 Å². The van der Waals surface area contributed by atoms with Crippen molar-refractivity contribution in [2.24, 2.45) is 10.3 Å². The second-order valence-electron chi connectivity index (χ2n) is 9.93. The fraction of sp³-hybridized carbons (Fsp3) is 0.320. The van der Waals surface area contributed by atoms with Crippen molar-refractivity contribution in [3.8, 4) is 0 Å². The number of aliphatic hydroxyl groups is 1. The molecule has 2 aromatic rings. The van der Waals surface area contributed by atoms with E-state index in [1.165, 1.54) is 18.2 Å². The Balaban J connectivity index is 1.86. The van der Waals surface area contributed by atoms with Crippen LogP contribution in [0.2, 0.25) is 0 Å². The lowest BCUT2D eigenvalue weighted by Crippen LogP contribution is -2.52. The predicted octanol–water partition coefficient (Wildman–Crippen LogP) is 2.21. The number of amidine groups is 1. The first-order chi connectivity index (χ1) is 18.6. The maximum Gasteiger partial charge on any atom is 0.324 e. The molecule has 214 valence electrons. The summed E-state index contributed by atoms with van der Waals surface area (Å²) in [5.74, 6) is -3.15. The number of aliphatic carboxylic acids is 1. The number of aliphatic hydroxyl groups excluding tert-OH is 1. The van der Waals surface area contributed by atoms with Gasteiger partial charge in [-0.1, -0.05) is 38.1 Å². The summed E-state index contributed by atoms with van der Waals surface area (Å²) in [7, 11) is -8.68. The molecule has 4 rings (SSSR count). The Morgan fingerprint density at radius 1 is 1.20 bits per heavy atom. The van der Waals surface area contributed by atoms with Crippen molar-refractivity contribution in [2.75, 3.05) is 22.4 Å². The van der Waals surface area contributed by atoms with Crippen LogP contribution in [-0.2, 0) is 35.2 Å². The number of Topliss-reactive ketones (excluding diaryl/α,β-unsaturated/α-hetero) is 1. The minimum absolute atomic E-state index is 0.0887. The third-order valence-corrected chi connectivity index (χ3v) is 9.15. The first kappa shape index (κ1) is 29.2. The Morgan fingerprint density at radius 3 is 2.48 bits per heavy atom. The number of hydroxylamine groups is 1. The Morgan fingerprint density at radius 2 is 1.88 bits per heavy atom. The van der Waals surface area contributed by atoms with E-state index in [1.54, 1.807) is 18.2 Å². The van der Waals surface area contributed by atoms with Crippen LogP contribution in [0.1, 0.15) is 37.8 Å². The number of hydrogen-bond acceptors (Lipinski definition) is 10. The number of carboxylic acid groups (broad SMARTS) is 1. The number of nitrogens with zero attached hydrogens (tertiary/aromatic N) is 2. The predicted molar refractivity (Wildman–Crippen MR) is 146 cm³/mol. The van der Waals surface area contributed by atoms with Crippen molar-refractivity contribution >= 4 is 54.8 Å². The van der Waals surface area contributed by atoms with Crippen molar-refractivity contribution in [1.82, 2.24) is 5.48 Å². The number of carboxylic acids is 1. The van der Waals surface area contributed by atoms with Gasteiger partial charge < -0.3 is 20.7 Å². The number of hydrogen-bond donors (Lipinski definition) is 5. The van der Waals surface area contributed by atoms with Crippen molar-refractivity contribution in [3.05, 3.63) is 59.2 Å². The molecule has 2 aliphatic rings. The molecule has 0 radical (unpaired) electrons. The van der Waals surface area contributed by atoms with Gasteiger partial charge in [-0.25, -0.2) is 8.42 Å². The molecule has 40 heavy (non-hydrogen) atoms. The zero-order chi connectivity index (χ0) is 29.6. The number of sulfonamides is 2. The summed E-state index contributed by atoms with van der Waals surface area (Å²) in [4.78, 5) is 24.7. The normalized spacial score (nSPS) is 19.9. The first-order valence-electron chi connectivity index (χ1n) is 12.1. The summed E-state index contributed by atoms with van der Waals surface area (Å²) in [6.45, 7) is 2.93. The molecule has 13 nitrogen and oxygen atoms in total. The van der Waals surface area contributed by atoms with Crippen LogP contribution in [0.5, 0.6) is 0 Å². The minimum atomic E-state index is -4.59. The van der Waals surface area contributed by atoms with E-state index >= 15 is 0 Å². The van der Waals surface area contributed by atoms with Crippen LogP contribution in [0.4, 0.5) is 11.4 Å². The zero-order valence-corrected chi connectivity index (χ0v) is 23.4. The average Bonchev–Trinajstić information content (AvgIpc) is 2.86. The van der Waals surface area contributed by atoms with Crippen molar-refractivity contribution in [1.29, 1.82) is 0 Å². The van der Waals surface area contributed by atoms with Crippen molar-refractivity contribution in [2.45, 2.75) is 37.1 Å². The topological polar surface area (TPSA) is 203 Å².